The molecular weight excluding hydrogens is 682 g/mol. The topological polar surface area (TPSA) is 166 Å². The van der Waals surface area contributed by atoms with Gasteiger partial charge in [0.25, 0.3) is 11.8 Å². The van der Waals surface area contributed by atoms with Crippen molar-refractivity contribution in [2.75, 3.05) is 30.7 Å². The number of nitrogens with one attached hydrogen (secondary N) is 5. The second kappa shape index (κ2) is 18.4. The second-order valence-corrected chi connectivity index (χ2v) is 14.5. The van der Waals surface area contributed by atoms with Crippen LogP contribution in [0.5, 0.6) is 0 Å². The predicted molar refractivity (Wildman–Crippen MR) is 192 cm³/mol. The molecule has 0 saturated carbocycles. The van der Waals surface area contributed by atoms with E-state index in [1.54, 1.807) is 13.8 Å². The highest BCUT2D eigenvalue weighted by molar-refractivity contribution is 7.92. The van der Waals surface area contributed by atoms with Gasteiger partial charge in [-0.15, -0.1) is 0 Å². The summed E-state index contributed by atoms with van der Waals surface area (Å²) in [4.78, 5) is 52.6. The standard InChI is InChI=1S/C36H46F2N6O6S/c1-7-39-36(48)32(22(2)3)43-33(45)23(4)40-20-27(16-24-12-9-8-10-13-24)42-35(47)26-17-25(18-28(19-26)44(5)51(6,49)50)34(46)41-21-29-30(37)14-11-15-31(29)38/h8-15,17-19,22-23,27,32,40H,7,16,20-21H2,1-6H3,(H,39,48)(H,41,46)(H,42,47)(H,43,45)/t23-,27-,32-/m0/s1. The molecule has 0 aliphatic rings. The lowest BCUT2D eigenvalue weighted by Gasteiger charge is -2.25. The van der Waals surface area contributed by atoms with Crippen LogP contribution in [0.4, 0.5) is 14.5 Å². The molecule has 3 aromatic carbocycles. The van der Waals surface area contributed by atoms with Crippen molar-refractivity contribution in [3.05, 3.63) is 101 Å². The van der Waals surface area contributed by atoms with Crippen LogP contribution in [0.25, 0.3) is 0 Å². The van der Waals surface area contributed by atoms with E-state index in [1.807, 2.05) is 44.2 Å². The smallest absolute Gasteiger partial charge is 0.251 e. The van der Waals surface area contributed by atoms with Gasteiger partial charge in [-0.1, -0.05) is 50.2 Å². The Morgan fingerprint density at radius 3 is 1.98 bits per heavy atom. The summed E-state index contributed by atoms with van der Waals surface area (Å²) in [5, 5.41) is 14.0. The zero-order valence-electron chi connectivity index (χ0n) is 29.5. The van der Waals surface area contributed by atoms with Crippen LogP contribution in [0.2, 0.25) is 0 Å². The number of nitrogens with zero attached hydrogens (tertiary/aromatic N) is 1. The fourth-order valence-electron chi connectivity index (χ4n) is 5.07. The van der Waals surface area contributed by atoms with Crippen molar-refractivity contribution in [2.45, 2.75) is 58.8 Å². The second-order valence-electron chi connectivity index (χ2n) is 12.5. The van der Waals surface area contributed by atoms with E-state index in [9.17, 15) is 36.4 Å². The first kappa shape index (κ1) is 40.5. The van der Waals surface area contributed by atoms with Gasteiger partial charge in [-0.2, -0.15) is 0 Å². The summed E-state index contributed by atoms with van der Waals surface area (Å²) in [5.41, 5.74) is 0.331. The van der Waals surface area contributed by atoms with Gasteiger partial charge in [-0.25, -0.2) is 17.2 Å². The minimum Gasteiger partial charge on any atom is -0.355 e. The van der Waals surface area contributed by atoms with Crippen LogP contribution in [-0.4, -0.2) is 76.6 Å². The Bertz CT molecular complexity index is 1790. The lowest BCUT2D eigenvalue weighted by Crippen LogP contribution is -2.55. The minimum absolute atomic E-state index is 0.00205. The maximum atomic E-state index is 14.2. The Morgan fingerprint density at radius 2 is 1.41 bits per heavy atom. The molecule has 51 heavy (non-hydrogen) atoms. The van der Waals surface area contributed by atoms with Gasteiger partial charge in [-0.3, -0.25) is 23.5 Å². The summed E-state index contributed by atoms with van der Waals surface area (Å²) >= 11 is 0. The molecule has 5 N–H and O–H groups in total. The highest BCUT2D eigenvalue weighted by Gasteiger charge is 2.27. The first-order valence-corrected chi connectivity index (χ1v) is 18.3. The summed E-state index contributed by atoms with van der Waals surface area (Å²) in [5.74, 6) is -4.03. The molecule has 3 rings (SSSR count). The Kier molecular flexibility index (Phi) is 14.6. The molecule has 4 amide bonds. The number of halogens is 2. The van der Waals surface area contributed by atoms with Gasteiger partial charge < -0.3 is 26.6 Å². The number of hydrogen-bond donors (Lipinski definition) is 5. The maximum absolute atomic E-state index is 14.2. The zero-order valence-corrected chi connectivity index (χ0v) is 30.4. The molecule has 15 heteroatoms. The van der Waals surface area contributed by atoms with Crippen molar-refractivity contribution in [1.29, 1.82) is 0 Å². The van der Waals surface area contributed by atoms with Crippen molar-refractivity contribution in [3.8, 4) is 0 Å². The number of carbonyl (C=O) groups is 4. The summed E-state index contributed by atoms with van der Waals surface area (Å²) in [6, 6.07) is 14.3. The highest BCUT2D eigenvalue weighted by Crippen LogP contribution is 2.22. The molecule has 0 unspecified atom stereocenters. The van der Waals surface area contributed by atoms with Gasteiger partial charge in [0, 0.05) is 49.4 Å². The number of likely N-dealkylation sites (N-methyl/N-ethyl adjacent to an activating group) is 1. The van der Waals surface area contributed by atoms with E-state index in [2.05, 4.69) is 26.6 Å². The van der Waals surface area contributed by atoms with Crippen LogP contribution >= 0.6 is 0 Å². The Labute approximate surface area is 297 Å². The van der Waals surface area contributed by atoms with Crippen molar-refractivity contribution >= 4 is 39.3 Å². The summed E-state index contributed by atoms with van der Waals surface area (Å²) in [6.07, 6.45) is 1.30. The average Bonchev–Trinajstić information content (AvgIpc) is 3.08. The molecule has 12 nitrogen and oxygen atoms in total. The fraction of sp³-hybridized carbons (Fsp3) is 0.389. The monoisotopic (exact) mass is 728 g/mol. The zero-order chi connectivity index (χ0) is 37.9. The largest absolute Gasteiger partial charge is 0.355 e. The van der Waals surface area contributed by atoms with E-state index in [1.165, 1.54) is 31.3 Å². The van der Waals surface area contributed by atoms with Gasteiger partial charge in [0.05, 0.1) is 18.0 Å². The quantitative estimate of drug-likeness (QED) is 0.143. The molecule has 0 spiro atoms. The third-order valence-corrected chi connectivity index (χ3v) is 9.32. The van der Waals surface area contributed by atoms with E-state index < -0.39 is 64.0 Å². The predicted octanol–water partition coefficient (Wildman–Crippen LogP) is 2.89. The average molecular weight is 729 g/mol. The van der Waals surface area contributed by atoms with Crippen LogP contribution in [0.15, 0.2) is 66.7 Å². The first-order chi connectivity index (χ1) is 24.0. The Hall–Kier alpha value is -4.89. The fourth-order valence-corrected chi connectivity index (χ4v) is 5.56. The molecule has 0 fully saturated rings. The van der Waals surface area contributed by atoms with Gasteiger partial charge >= 0.3 is 0 Å². The number of rotatable bonds is 17. The lowest BCUT2D eigenvalue weighted by atomic mass is 10.0. The first-order valence-electron chi connectivity index (χ1n) is 16.5. The van der Waals surface area contributed by atoms with Gasteiger partial charge in [0.2, 0.25) is 21.8 Å². The molecule has 0 heterocycles. The Morgan fingerprint density at radius 1 is 0.804 bits per heavy atom. The van der Waals surface area contributed by atoms with Crippen molar-refractivity contribution in [3.63, 3.8) is 0 Å². The molecule has 276 valence electrons. The van der Waals surface area contributed by atoms with Crippen LogP contribution in [0.1, 0.15) is 59.5 Å². The van der Waals surface area contributed by atoms with Crippen molar-refractivity contribution in [2.24, 2.45) is 5.92 Å². The summed E-state index contributed by atoms with van der Waals surface area (Å²) in [7, 11) is -2.57. The van der Waals surface area contributed by atoms with Gasteiger partial charge in [-0.05, 0) is 62.1 Å². The van der Waals surface area contributed by atoms with Gasteiger partial charge in [0.15, 0.2) is 0 Å². The van der Waals surface area contributed by atoms with Crippen LogP contribution < -0.4 is 30.9 Å². The minimum atomic E-state index is -3.82. The van der Waals surface area contributed by atoms with Gasteiger partial charge in [0.1, 0.15) is 17.7 Å². The third-order valence-electron chi connectivity index (χ3n) is 8.11. The molecule has 0 saturated heterocycles. The molecule has 3 atom stereocenters. The molecule has 0 aliphatic heterocycles. The number of benzene rings is 3. The number of sulfonamides is 1. The molecular formula is C36H46F2N6O6S. The molecule has 0 radical (unpaired) electrons. The molecule has 0 aliphatic carbocycles. The summed E-state index contributed by atoms with van der Waals surface area (Å²) in [6.45, 7) is 7.10. The molecule has 3 aromatic rings. The number of amides is 4. The Balaban J connectivity index is 1.86. The van der Waals surface area contributed by atoms with Crippen LogP contribution in [-0.2, 0) is 32.6 Å². The normalized spacial score (nSPS) is 13.1. The molecule has 0 bridgehead atoms. The lowest BCUT2D eigenvalue weighted by molar-refractivity contribution is -0.130. The SMILES string of the molecule is CCNC(=O)[C@@H](NC(=O)[C@H](C)NC[C@H](Cc1ccccc1)NC(=O)c1cc(C(=O)NCc2c(F)cccc2F)cc(N(C)S(C)(=O)=O)c1)C(C)C. The highest BCUT2D eigenvalue weighted by atomic mass is 32.2. The third kappa shape index (κ3) is 11.9. The molecule has 0 aromatic heterocycles. The van der Waals surface area contributed by atoms with Crippen LogP contribution in [0.3, 0.4) is 0 Å². The maximum Gasteiger partial charge on any atom is 0.251 e. The number of carbonyl (C=O) groups excluding carboxylic acids is 4. The van der Waals surface area contributed by atoms with E-state index in [0.717, 1.165) is 28.3 Å². The number of anilines is 1. The van der Waals surface area contributed by atoms with Crippen molar-refractivity contribution < 1.29 is 36.4 Å². The van der Waals surface area contributed by atoms with Crippen LogP contribution in [0, 0.1) is 17.6 Å². The van der Waals surface area contributed by atoms with E-state index in [0.29, 0.717) is 13.0 Å². The van der Waals surface area contributed by atoms with E-state index in [4.69, 9.17) is 0 Å². The summed E-state index contributed by atoms with van der Waals surface area (Å²) < 4.78 is 54.1. The number of hydrogen-bond acceptors (Lipinski definition) is 7. The van der Waals surface area contributed by atoms with E-state index in [-0.39, 0.29) is 40.7 Å². The van der Waals surface area contributed by atoms with Crippen molar-refractivity contribution in [1.82, 2.24) is 26.6 Å². The van der Waals surface area contributed by atoms with E-state index >= 15 is 0 Å².